The molecule has 0 aliphatic heterocycles. The molecule has 21 heavy (non-hydrogen) atoms. The van der Waals surface area contributed by atoms with Crippen LogP contribution in [0.25, 0.3) is 0 Å². The number of carbonyl (C=O) groups is 2. The van der Waals surface area contributed by atoms with Gasteiger partial charge in [0.05, 0.1) is 6.61 Å². The van der Waals surface area contributed by atoms with Crippen molar-refractivity contribution in [2.24, 2.45) is 0 Å². The van der Waals surface area contributed by atoms with Gasteiger partial charge in [-0.3, -0.25) is 9.59 Å². The van der Waals surface area contributed by atoms with Crippen LogP contribution in [-0.4, -0.2) is 55.3 Å². The summed E-state index contributed by atoms with van der Waals surface area (Å²) in [6.07, 6.45) is -0.799. The molecule has 1 N–H and O–H groups in total. The third-order valence-corrected chi connectivity index (χ3v) is 2.86. The summed E-state index contributed by atoms with van der Waals surface area (Å²) in [5.41, 5.74) is 0.706. The molecule has 1 unspecified atom stereocenters. The van der Waals surface area contributed by atoms with E-state index in [4.69, 9.17) is 14.6 Å². The van der Waals surface area contributed by atoms with Crippen LogP contribution < -0.4 is 0 Å². The van der Waals surface area contributed by atoms with Crippen LogP contribution in [-0.2, 0) is 19.1 Å². The molecule has 0 aliphatic rings. The summed E-state index contributed by atoms with van der Waals surface area (Å²) in [5.74, 6) is -1.44. The van der Waals surface area contributed by atoms with Crippen LogP contribution in [0.2, 0.25) is 0 Å². The van der Waals surface area contributed by atoms with Gasteiger partial charge in [0.1, 0.15) is 6.54 Å². The fraction of sp³-hybridized carbons (Fsp3) is 0.467. The summed E-state index contributed by atoms with van der Waals surface area (Å²) in [6.45, 7) is 2.25. The van der Waals surface area contributed by atoms with Crippen molar-refractivity contribution in [3.05, 3.63) is 35.9 Å². The van der Waals surface area contributed by atoms with Crippen LogP contribution in [0.3, 0.4) is 0 Å². The zero-order chi connectivity index (χ0) is 15.7. The topological polar surface area (TPSA) is 76.1 Å². The van der Waals surface area contributed by atoms with E-state index in [1.54, 1.807) is 19.1 Å². The predicted molar refractivity (Wildman–Crippen MR) is 76.9 cm³/mol. The molecule has 0 bridgehead atoms. The lowest BCUT2D eigenvalue weighted by Gasteiger charge is -2.26. The molecule has 1 aromatic carbocycles. The summed E-state index contributed by atoms with van der Waals surface area (Å²) >= 11 is 0. The van der Waals surface area contributed by atoms with Gasteiger partial charge in [-0.15, -0.1) is 0 Å². The van der Waals surface area contributed by atoms with Crippen LogP contribution in [0.4, 0.5) is 0 Å². The quantitative estimate of drug-likeness (QED) is 0.743. The number of carbonyl (C=O) groups excluding carboxylic acids is 1. The first-order chi connectivity index (χ1) is 10.1. The number of methoxy groups -OCH3 is 1. The number of aliphatic carboxylic acids is 1. The highest BCUT2D eigenvalue weighted by Gasteiger charge is 2.27. The number of amides is 1. The van der Waals surface area contributed by atoms with E-state index >= 15 is 0 Å². The molecular formula is C15H21NO5. The van der Waals surface area contributed by atoms with Crippen molar-refractivity contribution in [3.8, 4) is 0 Å². The van der Waals surface area contributed by atoms with Gasteiger partial charge in [-0.25, -0.2) is 0 Å². The Balaban J connectivity index is 2.92. The first-order valence-corrected chi connectivity index (χ1v) is 6.76. The second kappa shape index (κ2) is 9.10. The van der Waals surface area contributed by atoms with E-state index in [-0.39, 0.29) is 25.6 Å². The van der Waals surface area contributed by atoms with Gasteiger partial charge in [0.25, 0.3) is 5.91 Å². The third-order valence-electron chi connectivity index (χ3n) is 2.86. The Bertz CT molecular complexity index is 449. The second-order valence-electron chi connectivity index (χ2n) is 4.39. The maximum atomic E-state index is 12.6. The van der Waals surface area contributed by atoms with Gasteiger partial charge >= 0.3 is 5.97 Å². The first-order valence-electron chi connectivity index (χ1n) is 6.76. The standard InChI is InChI=1S/C15H21NO5/c1-3-21-14(12-7-5-4-6-8-12)15(19)16(9-10-20-2)11-13(17)18/h4-8,14H,3,9-11H2,1-2H3,(H,17,18). The van der Waals surface area contributed by atoms with Crippen LogP contribution in [0.15, 0.2) is 30.3 Å². The van der Waals surface area contributed by atoms with Crippen LogP contribution in [0.1, 0.15) is 18.6 Å². The van der Waals surface area contributed by atoms with E-state index in [1.165, 1.54) is 12.0 Å². The highest BCUT2D eigenvalue weighted by atomic mass is 16.5. The summed E-state index contributed by atoms with van der Waals surface area (Å²) in [4.78, 5) is 24.7. The summed E-state index contributed by atoms with van der Waals surface area (Å²) < 4.78 is 10.4. The lowest BCUT2D eigenvalue weighted by molar-refractivity contribution is -0.151. The summed E-state index contributed by atoms with van der Waals surface area (Å²) in [6, 6.07) is 9.04. The van der Waals surface area contributed by atoms with Gasteiger partial charge in [-0.2, -0.15) is 0 Å². The third kappa shape index (κ3) is 5.53. The maximum absolute atomic E-state index is 12.6. The molecule has 0 saturated carbocycles. The van der Waals surface area contributed by atoms with E-state index in [2.05, 4.69) is 0 Å². The van der Waals surface area contributed by atoms with Crippen molar-refractivity contribution >= 4 is 11.9 Å². The molecule has 0 fully saturated rings. The van der Waals surface area contributed by atoms with Crippen molar-refractivity contribution < 1.29 is 24.2 Å². The van der Waals surface area contributed by atoms with E-state index in [9.17, 15) is 9.59 Å². The SMILES string of the molecule is CCOC(C(=O)N(CCOC)CC(=O)O)c1ccccc1. The molecule has 6 heteroatoms. The van der Waals surface area contributed by atoms with E-state index in [1.807, 2.05) is 18.2 Å². The highest BCUT2D eigenvalue weighted by molar-refractivity contribution is 5.85. The Hall–Kier alpha value is -1.92. The van der Waals surface area contributed by atoms with Crippen molar-refractivity contribution in [1.82, 2.24) is 4.90 Å². The number of carboxylic acids is 1. The number of carboxylic acid groups (broad SMARTS) is 1. The lowest BCUT2D eigenvalue weighted by atomic mass is 10.1. The van der Waals surface area contributed by atoms with Gasteiger partial charge in [0.15, 0.2) is 6.10 Å². The fourth-order valence-electron chi connectivity index (χ4n) is 1.90. The largest absolute Gasteiger partial charge is 0.480 e. The highest BCUT2D eigenvalue weighted by Crippen LogP contribution is 2.20. The molecule has 0 heterocycles. The lowest BCUT2D eigenvalue weighted by Crippen LogP contribution is -2.41. The van der Waals surface area contributed by atoms with Crippen LogP contribution >= 0.6 is 0 Å². The molecule has 0 aromatic heterocycles. The van der Waals surface area contributed by atoms with Gasteiger partial charge in [-0.1, -0.05) is 30.3 Å². The van der Waals surface area contributed by atoms with E-state index in [0.717, 1.165) is 0 Å². The Labute approximate surface area is 124 Å². The molecule has 0 spiro atoms. The van der Waals surface area contributed by atoms with E-state index < -0.39 is 12.1 Å². The minimum absolute atomic E-state index is 0.206. The Morgan fingerprint density at radius 2 is 1.95 bits per heavy atom. The van der Waals surface area contributed by atoms with Crippen molar-refractivity contribution in [2.75, 3.05) is 33.4 Å². The average molecular weight is 295 g/mol. The Morgan fingerprint density at radius 1 is 1.29 bits per heavy atom. The van der Waals surface area contributed by atoms with Gasteiger partial charge < -0.3 is 19.5 Å². The molecule has 0 aliphatic carbocycles. The van der Waals surface area contributed by atoms with Crippen LogP contribution in [0.5, 0.6) is 0 Å². The molecule has 1 atom stereocenters. The van der Waals surface area contributed by atoms with Crippen molar-refractivity contribution in [1.29, 1.82) is 0 Å². The number of hydrogen-bond donors (Lipinski definition) is 1. The van der Waals surface area contributed by atoms with Gasteiger partial charge in [0, 0.05) is 20.3 Å². The minimum atomic E-state index is -1.07. The fourth-order valence-corrected chi connectivity index (χ4v) is 1.90. The molecule has 1 rings (SSSR count). The molecule has 0 saturated heterocycles. The normalized spacial score (nSPS) is 11.9. The monoisotopic (exact) mass is 295 g/mol. The smallest absolute Gasteiger partial charge is 0.323 e. The number of hydrogen-bond acceptors (Lipinski definition) is 4. The second-order valence-corrected chi connectivity index (χ2v) is 4.39. The van der Waals surface area contributed by atoms with Gasteiger partial charge in [-0.05, 0) is 12.5 Å². The number of nitrogens with zero attached hydrogens (tertiary/aromatic N) is 1. The van der Waals surface area contributed by atoms with Gasteiger partial charge in [0.2, 0.25) is 0 Å². The summed E-state index contributed by atoms with van der Waals surface area (Å²) in [7, 11) is 1.50. The minimum Gasteiger partial charge on any atom is -0.480 e. The summed E-state index contributed by atoms with van der Waals surface area (Å²) in [5, 5.41) is 8.94. The molecule has 1 amide bonds. The molecule has 0 radical (unpaired) electrons. The molecular weight excluding hydrogens is 274 g/mol. The average Bonchev–Trinajstić information content (AvgIpc) is 2.49. The Kier molecular flexibility index (Phi) is 7.42. The zero-order valence-corrected chi connectivity index (χ0v) is 12.3. The van der Waals surface area contributed by atoms with E-state index in [0.29, 0.717) is 12.2 Å². The molecule has 6 nitrogen and oxygen atoms in total. The number of rotatable bonds is 9. The predicted octanol–water partition coefficient (Wildman–Crippen LogP) is 1.32. The maximum Gasteiger partial charge on any atom is 0.323 e. The zero-order valence-electron chi connectivity index (χ0n) is 12.3. The molecule has 1 aromatic rings. The number of ether oxygens (including phenoxy) is 2. The number of benzene rings is 1. The van der Waals surface area contributed by atoms with Crippen molar-refractivity contribution in [2.45, 2.75) is 13.0 Å². The van der Waals surface area contributed by atoms with Crippen LogP contribution in [0, 0.1) is 0 Å². The first kappa shape index (κ1) is 17.1. The molecule has 116 valence electrons. The Morgan fingerprint density at radius 3 is 2.48 bits per heavy atom. The van der Waals surface area contributed by atoms with Crippen molar-refractivity contribution in [3.63, 3.8) is 0 Å².